The second-order valence-electron chi connectivity index (χ2n) is 5.64. The van der Waals surface area contributed by atoms with Gasteiger partial charge in [-0.25, -0.2) is 4.98 Å². The molecule has 2 bridgehead atoms. The smallest absolute Gasteiger partial charge is 0.252 e. The molecule has 2 heterocycles. The van der Waals surface area contributed by atoms with E-state index in [2.05, 4.69) is 10.3 Å². The summed E-state index contributed by atoms with van der Waals surface area (Å²) >= 11 is 0. The number of hydrogen-bond acceptors (Lipinski definition) is 4. The van der Waals surface area contributed by atoms with Gasteiger partial charge in [0.15, 0.2) is 5.58 Å². The van der Waals surface area contributed by atoms with Crippen molar-refractivity contribution < 1.29 is 9.21 Å². The van der Waals surface area contributed by atoms with E-state index in [0.717, 1.165) is 30.8 Å². The first-order valence-electron chi connectivity index (χ1n) is 6.61. The lowest BCUT2D eigenvalue weighted by Gasteiger charge is -2.21. The molecule has 1 aromatic heterocycles. The fraction of sp³-hybridized carbons (Fsp3) is 0.429. The standard InChI is InChI=1S/C14H15N3O2/c15-12(18)9-2-1-3-10-11(9)19-13(17-10)14-5-4-8(6-14)16-7-14/h1-3,8,16H,4-7H2,(H2,15,18). The van der Waals surface area contributed by atoms with Crippen molar-refractivity contribution >= 4 is 17.0 Å². The van der Waals surface area contributed by atoms with Crippen molar-refractivity contribution in [2.24, 2.45) is 5.73 Å². The first-order chi connectivity index (χ1) is 9.18. The van der Waals surface area contributed by atoms with E-state index in [1.54, 1.807) is 12.1 Å². The van der Waals surface area contributed by atoms with Crippen LogP contribution in [0.25, 0.3) is 11.1 Å². The lowest BCUT2D eigenvalue weighted by molar-refractivity contribution is 0.100. The molecule has 2 atom stereocenters. The van der Waals surface area contributed by atoms with Crippen LogP contribution in [-0.4, -0.2) is 23.5 Å². The van der Waals surface area contributed by atoms with Gasteiger partial charge in [0.2, 0.25) is 5.89 Å². The molecule has 1 saturated heterocycles. The molecule has 2 aliphatic rings. The van der Waals surface area contributed by atoms with Crippen LogP contribution in [0.15, 0.2) is 22.6 Å². The molecular formula is C14H15N3O2. The van der Waals surface area contributed by atoms with Crippen LogP contribution < -0.4 is 11.1 Å². The van der Waals surface area contributed by atoms with E-state index in [9.17, 15) is 4.79 Å². The van der Waals surface area contributed by atoms with Gasteiger partial charge in [0, 0.05) is 12.6 Å². The van der Waals surface area contributed by atoms with Gasteiger partial charge in [-0.2, -0.15) is 0 Å². The number of amides is 1. The van der Waals surface area contributed by atoms with Gasteiger partial charge in [-0.15, -0.1) is 0 Å². The Morgan fingerprint density at radius 2 is 2.42 bits per heavy atom. The summed E-state index contributed by atoms with van der Waals surface area (Å²) in [4.78, 5) is 16.0. The summed E-state index contributed by atoms with van der Waals surface area (Å²) in [6.45, 7) is 0.913. The lowest BCUT2D eigenvalue weighted by Crippen LogP contribution is -2.32. The number of piperidine rings is 1. The molecule has 0 spiro atoms. The summed E-state index contributed by atoms with van der Waals surface area (Å²) in [5, 5.41) is 3.49. The molecule has 1 aliphatic heterocycles. The molecule has 1 amide bonds. The van der Waals surface area contributed by atoms with Gasteiger partial charge >= 0.3 is 0 Å². The predicted molar refractivity (Wildman–Crippen MR) is 69.8 cm³/mol. The molecule has 5 heteroatoms. The highest BCUT2D eigenvalue weighted by atomic mass is 16.4. The average Bonchev–Trinajstić information content (AvgIpc) is 3.11. The second kappa shape index (κ2) is 3.57. The first kappa shape index (κ1) is 11.0. The van der Waals surface area contributed by atoms with Crippen LogP contribution in [0.4, 0.5) is 0 Å². The molecular weight excluding hydrogens is 242 g/mol. The zero-order valence-corrected chi connectivity index (χ0v) is 10.5. The number of benzene rings is 1. The van der Waals surface area contributed by atoms with E-state index >= 15 is 0 Å². The summed E-state index contributed by atoms with van der Waals surface area (Å²) < 4.78 is 5.91. The summed E-state index contributed by atoms with van der Waals surface area (Å²) in [6, 6.07) is 5.92. The Balaban J connectivity index is 1.89. The fourth-order valence-corrected chi connectivity index (χ4v) is 3.44. The number of para-hydroxylation sites is 1. The minimum absolute atomic E-state index is 0.0125. The maximum atomic E-state index is 11.4. The van der Waals surface area contributed by atoms with E-state index in [4.69, 9.17) is 10.2 Å². The number of hydrogen-bond donors (Lipinski definition) is 2. The first-order valence-corrected chi connectivity index (χ1v) is 6.61. The van der Waals surface area contributed by atoms with Gasteiger partial charge in [-0.1, -0.05) is 6.07 Å². The number of nitrogens with one attached hydrogen (secondary N) is 1. The molecule has 4 rings (SSSR count). The monoisotopic (exact) mass is 257 g/mol. The largest absolute Gasteiger partial charge is 0.439 e. The summed E-state index contributed by atoms with van der Waals surface area (Å²) in [7, 11) is 0. The van der Waals surface area contributed by atoms with E-state index in [1.165, 1.54) is 6.42 Å². The van der Waals surface area contributed by atoms with Crippen LogP contribution >= 0.6 is 0 Å². The van der Waals surface area contributed by atoms with E-state index in [-0.39, 0.29) is 5.41 Å². The van der Waals surface area contributed by atoms with Crippen molar-refractivity contribution in [3.63, 3.8) is 0 Å². The van der Waals surface area contributed by atoms with Crippen molar-refractivity contribution in [3.05, 3.63) is 29.7 Å². The fourth-order valence-electron chi connectivity index (χ4n) is 3.44. The molecule has 98 valence electrons. The predicted octanol–water partition coefficient (Wildman–Crippen LogP) is 1.32. The van der Waals surface area contributed by atoms with Gasteiger partial charge < -0.3 is 15.5 Å². The molecule has 1 saturated carbocycles. The number of fused-ring (bicyclic) bond motifs is 3. The highest BCUT2D eigenvalue weighted by molar-refractivity contribution is 6.03. The molecule has 5 nitrogen and oxygen atoms in total. The third kappa shape index (κ3) is 1.45. The SMILES string of the molecule is NC(=O)c1cccc2nc(C34CCC(C3)NC4)oc12. The molecule has 0 radical (unpaired) electrons. The number of nitrogens with two attached hydrogens (primary N) is 1. The van der Waals surface area contributed by atoms with Crippen LogP contribution in [-0.2, 0) is 5.41 Å². The molecule has 3 N–H and O–H groups in total. The maximum Gasteiger partial charge on any atom is 0.252 e. The van der Waals surface area contributed by atoms with E-state index in [0.29, 0.717) is 17.2 Å². The average molecular weight is 257 g/mol. The number of oxazole rings is 1. The van der Waals surface area contributed by atoms with Crippen LogP contribution in [0.2, 0.25) is 0 Å². The maximum absolute atomic E-state index is 11.4. The molecule has 1 aromatic carbocycles. The Morgan fingerprint density at radius 1 is 1.53 bits per heavy atom. The Labute approximate surface area is 110 Å². The van der Waals surface area contributed by atoms with Crippen LogP contribution in [0.3, 0.4) is 0 Å². The molecule has 2 fully saturated rings. The third-order valence-electron chi connectivity index (χ3n) is 4.47. The number of carbonyl (C=O) groups is 1. The zero-order chi connectivity index (χ0) is 13.0. The van der Waals surface area contributed by atoms with Gasteiger partial charge in [-0.3, -0.25) is 4.79 Å². The highest BCUT2D eigenvalue weighted by Gasteiger charge is 2.49. The Morgan fingerprint density at radius 3 is 3.05 bits per heavy atom. The van der Waals surface area contributed by atoms with Gasteiger partial charge in [0.05, 0.1) is 11.0 Å². The Bertz CT molecular complexity index is 668. The van der Waals surface area contributed by atoms with Crippen molar-refractivity contribution in [3.8, 4) is 0 Å². The summed E-state index contributed by atoms with van der Waals surface area (Å²) in [5.74, 6) is 0.281. The topological polar surface area (TPSA) is 81.2 Å². The number of nitrogens with zero attached hydrogens (tertiary/aromatic N) is 1. The number of aromatic nitrogens is 1. The van der Waals surface area contributed by atoms with Crippen molar-refractivity contribution in [1.29, 1.82) is 0 Å². The quantitative estimate of drug-likeness (QED) is 0.850. The minimum atomic E-state index is -0.473. The highest BCUT2D eigenvalue weighted by Crippen LogP contribution is 2.45. The number of carbonyl (C=O) groups excluding carboxylic acids is 1. The minimum Gasteiger partial charge on any atom is -0.439 e. The summed E-state index contributed by atoms with van der Waals surface area (Å²) in [6.07, 6.45) is 3.34. The number of primary amides is 1. The molecule has 2 unspecified atom stereocenters. The van der Waals surface area contributed by atoms with E-state index in [1.807, 2.05) is 6.07 Å². The third-order valence-corrected chi connectivity index (χ3v) is 4.47. The van der Waals surface area contributed by atoms with Crippen molar-refractivity contribution in [1.82, 2.24) is 10.3 Å². The van der Waals surface area contributed by atoms with Crippen LogP contribution in [0.1, 0.15) is 35.5 Å². The summed E-state index contributed by atoms with van der Waals surface area (Å²) in [5.41, 5.74) is 7.04. The van der Waals surface area contributed by atoms with Crippen molar-refractivity contribution in [2.45, 2.75) is 30.7 Å². The van der Waals surface area contributed by atoms with Gasteiger partial charge in [0.1, 0.15) is 5.52 Å². The Kier molecular flexibility index (Phi) is 2.07. The van der Waals surface area contributed by atoms with Crippen LogP contribution in [0.5, 0.6) is 0 Å². The lowest BCUT2D eigenvalue weighted by atomic mass is 9.87. The van der Waals surface area contributed by atoms with Gasteiger partial charge in [0.25, 0.3) is 5.91 Å². The van der Waals surface area contributed by atoms with Crippen molar-refractivity contribution in [2.75, 3.05) is 6.54 Å². The molecule has 2 aromatic rings. The van der Waals surface area contributed by atoms with E-state index < -0.39 is 5.91 Å². The Hall–Kier alpha value is -1.88. The molecule has 1 aliphatic carbocycles. The second-order valence-corrected chi connectivity index (χ2v) is 5.64. The number of rotatable bonds is 2. The normalized spacial score (nSPS) is 29.2. The van der Waals surface area contributed by atoms with Gasteiger partial charge in [-0.05, 0) is 31.4 Å². The van der Waals surface area contributed by atoms with Crippen LogP contribution in [0, 0.1) is 0 Å². The zero-order valence-electron chi connectivity index (χ0n) is 10.5. The molecule has 19 heavy (non-hydrogen) atoms.